The average Bonchev–Trinajstić information content (AvgIpc) is 3.20. The zero-order valence-electron chi connectivity index (χ0n) is 38.9. The van der Waals surface area contributed by atoms with Crippen molar-refractivity contribution in [1.29, 1.82) is 0 Å². The van der Waals surface area contributed by atoms with Crippen molar-refractivity contribution >= 4 is 22.6 Å². The lowest BCUT2D eigenvalue weighted by atomic mass is 10.0. The maximum absolute atomic E-state index is 2.51. The highest BCUT2D eigenvalue weighted by atomic mass is 127. The highest BCUT2D eigenvalue weighted by molar-refractivity contribution is 14.1. The van der Waals surface area contributed by atoms with Gasteiger partial charge in [0, 0.05) is 0 Å². The van der Waals surface area contributed by atoms with Gasteiger partial charge in [0.2, 0.25) is 0 Å². The second-order valence-corrected chi connectivity index (χ2v) is 19.8. The van der Waals surface area contributed by atoms with Gasteiger partial charge in [0.05, 0.1) is 0 Å². The normalized spacial score (nSPS) is 11.7. The van der Waals surface area contributed by atoms with Crippen molar-refractivity contribution in [3.63, 3.8) is 0 Å². The summed E-state index contributed by atoms with van der Waals surface area (Å²) in [6.45, 7) is 2.31. The van der Waals surface area contributed by atoms with Crippen LogP contribution >= 0.6 is 22.6 Å². The van der Waals surface area contributed by atoms with Gasteiger partial charge >= 0.3 is 0 Å². The number of alkyl halides is 1. The Hall–Kier alpha value is 0.730. The van der Waals surface area contributed by atoms with Crippen LogP contribution in [0.4, 0.5) is 0 Å². The van der Waals surface area contributed by atoms with Gasteiger partial charge in [0.1, 0.15) is 0 Å². The molecule has 55 heavy (non-hydrogen) atoms. The minimum absolute atomic E-state index is 1.34. The number of hydrogen-bond acceptors (Lipinski definition) is 0. The van der Waals surface area contributed by atoms with Crippen LogP contribution in [0, 0.1) is 0 Å². The second-order valence-electron chi connectivity index (χ2n) is 18.7. The molecule has 0 fully saturated rings. The van der Waals surface area contributed by atoms with Crippen molar-refractivity contribution in [1.82, 2.24) is 0 Å². The predicted octanol–water partition coefficient (Wildman–Crippen LogP) is 21.7. The lowest BCUT2D eigenvalue weighted by molar-refractivity contribution is 0.507. The Morgan fingerprint density at radius 1 is 0.145 bits per heavy atom. The summed E-state index contributed by atoms with van der Waals surface area (Å²) < 4.78 is 1.34. The number of rotatable bonds is 52. The van der Waals surface area contributed by atoms with E-state index in [-0.39, 0.29) is 0 Å². The summed E-state index contributed by atoms with van der Waals surface area (Å²) in [5.41, 5.74) is 0. The Balaban J connectivity index is 3.05. The molecule has 0 aliphatic rings. The molecule has 0 nitrogen and oxygen atoms in total. The van der Waals surface area contributed by atoms with Crippen molar-refractivity contribution in [3.8, 4) is 0 Å². The molecule has 0 aromatic carbocycles. The molecular formula is C54H109I. The summed E-state index contributed by atoms with van der Waals surface area (Å²) in [7, 11) is 0. The fourth-order valence-corrected chi connectivity index (χ4v) is 9.55. The van der Waals surface area contributed by atoms with Gasteiger partial charge in [-0.05, 0) is 10.8 Å². The molecule has 0 N–H and O–H groups in total. The van der Waals surface area contributed by atoms with Crippen LogP contribution in [0.25, 0.3) is 0 Å². The Morgan fingerprint density at radius 2 is 0.236 bits per heavy atom. The Bertz CT molecular complexity index is 562. The van der Waals surface area contributed by atoms with E-state index in [1.165, 1.54) is 338 Å². The van der Waals surface area contributed by atoms with Crippen molar-refractivity contribution in [2.24, 2.45) is 0 Å². The van der Waals surface area contributed by atoms with Crippen molar-refractivity contribution in [2.45, 2.75) is 341 Å². The average molecular weight is 885 g/mol. The lowest BCUT2D eigenvalue weighted by Crippen LogP contribution is -1.85. The molecule has 0 aromatic rings. The molecule has 0 unspecified atom stereocenters. The summed E-state index contributed by atoms with van der Waals surface area (Å²) in [5.74, 6) is 0. The fraction of sp³-hybridized carbons (Fsp3) is 1.00. The molecule has 0 saturated heterocycles. The van der Waals surface area contributed by atoms with Crippen LogP contribution in [0.2, 0.25) is 0 Å². The van der Waals surface area contributed by atoms with Crippen LogP contribution in [-0.4, -0.2) is 4.43 Å². The monoisotopic (exact) mass is 885 g/mol. The van der Waals surface area contributed by atoms with E-state index in [9.17, 15) is 0 Å². The third-order valence-corrected chi connectivity index (χ3v) is 13.7. The quantitative estimate of drug-likeness (QED) is 0.0324. The van der Waals surface area contributed by atoms with Crippen LogP contribution in [0.3, 0.4) is 0 Å². The Labute approximate surface area is 365 Å². The van der Waals surface area contributed by atoms with E-state index < -0.39 is 0 Å². The van der Waals surface area contributed by atoms with Crippen LogP contribution in [-0.2, 0) is 0 Å². The third kappa shape index (κ3) is 54.7. The first kappa shape index (κ1) is 55.7. The Kier molecular flexibility index (Phi) is 55.5. The maximum Gasteiger partial charge on any atom is -0.000473 e. The summed E-state index contributed by atoms with van der Waals surface area (Å²) in [5, 5.41) is 0. The highest BCUT2D eigenvalue weighted by Crippen LogP contribution is 2.19. The number of hydrogen-bond donors (Lipinski definition) is 0. The van der Waals surface area contributed by atoms with Gasteiger partial charge in [-0.3, -0.25) is 0 Å². The van der Waals surface area contributed by atoms with Crippen LogP contribution in [0.1, 0.15) is 341 Å². The van der Waals surface area contributed by atoms with Gasteiger partial charge in [-0.25, -0.2) is 0 Å². The minimum Gasteiger partial charge on any atom is -0.0864 e. The number of unbranched alkanes of at least 4 members (excludes halogenated alkanes) is 51. The van der Waals surface area contributed by atoms with E-state index in [1.807, 2.05) is 0 Å². The van der Waals surface area contributed by atoms with Gasteiger partial charge in [-0.1, -0.05) is 357 Å². The van der Waals surface area contributed by atoms with E-state index >= 15 is 0 Å². The maximum atomic E-state index is 2.51. The summed E-state index contributed by atoms with van der Waals surface area (Å²) >= 11 is 2.51. The predicted molar refractivity (Wildman–Crippen MR) is 265 cm³/mol. The van der Waals surface area contributed by atoms with E-state index in [1.54, 1.807) is 0 Å². The molecule has 0 rings (SSSR count). The lowest BCUT2D eigenvalue weighted by Gasteiger charge is -2.05. The van der Waals surface area contributed by atoms with Crippen molar-refractivity contribution in [2.75, 3.05) is 4.43 Å². The zero-order chi connectivity index (χ0) is 39.5. The first-order valence-electron chi connectivity index (χ1n) is 27.0. The molecule has 0 saturated carbocycles. The summed E-state index contributed by atoms with van der Waals surface area (Å²) in [6, 6.07) is 0. The molecular weight excluding hydrogens is 775 g/mol. The standard InChI is InChI=1S/C54H109I/c1-2-3-4-5-6-7-8-9-10-11-12-13-14-15-16-17-18-19-20-21-22-23-24-25-26-27-28-29-30-31-32-33-34-35-36-37-38-39-40-41-42-43-44-45-46-47-48-49-50-51-52-53-54-55/h2-54H2,1H3. The first-order chi connectivity index (χ1) is 27.4. The molecule has 0 aromatic heterocycles. The van der Waals surface area contributed by atoms with Gasteiger partial charge in [0.25, 0.3) is 0 Å². The molecule has 0 radical (unpaired) electrons. The first-order valence-corrected chi connectivity index (χ1v) is 28.5. The molecule has 0 aliphatic heterocycles. The molecule has 0 heterocycles. The smallest absolute Gasteiger partial charge is 0.000473 e. The van der Waals surface area contributed by atoms with E-state index in [0.29, 0.717) is 0 Å². The van der Waals surface area contributed by atoms with Crippen molar-refractivity contribution in [3.05, 3.63) is 0 Å². The summed E-state index contributed by atoms with van der Waals surface area (Å²) in [4.78, 5) is 0. The Morgan fingerprint density at radius 3 is 0.327 bits per heavy atom. The van der Waals surface area contributed by atoms with Gasteiger partial charge < -0.3 is 0 Å². The molecule has 0 spiro atoms. The molecule has 0 atom stereocenters. The van der Waals surface area contributed by atoms with Crippen LogP contribution in [0.15, 0.2) is 0 Å². The van der Waals surface area contributed by atoms with E-state index in [2.05, 4.69) is 29.5 Å². The second kappa shape index (κ2) is 54.7. The third-order valence-electron chi connectivity index (χ3n) is 13.0. The molecule has 0 aliphatic carbocycles. The topological polar surface area (TPSA) is 0 Å². The molecule has 0 bridgehead atoms. The van der Waals surface area contributed by atoms with E-state index in [0.717, 1.165) is 0 Å². The van der Waals surface area contributed by atoms with Crippen molar-refractivity contribution < 1.29 is 0 Å². The summed E-state index contributed by atoms with van der Waals surface area (Å²) in [6.07, 6.45) is 77.5. The molecule has 0 amide bonds. The minimum atomic E-state index is 1.34. The largest absolute Gasteiger partial charge is 0.0864 e. The fourth-order valence-electron chi connectivity index (χ4n) is 9.01. The molecule has 1 heteroatoms. The van der Waals surface area contributed by atoms with Gasteiger partial charge in [0.15, 0.2) is 0 Å². The van der Waals surface area contributed by atoms with Gasteiger partial charge in [-0.2, -0.15) is 0 Å². The zero-order valence-corrected chi connectivity index (χ0v) is 41.0. The van der Waals surface area contributed by atoms with Gasteiger partial charge in [-0.15, -0.1) is 0 Å². The SMILES string of the molecule is CCCCCCCCCCCCCCCCCCCCCCCCCCCCCCCCCCCCCCCCCCCCCCCCCCCCCCI. The highest BCUT2D eigenvalue weighted by Gasteiger charge is 1.99. The van der Waals surface area contributed by atoms with Crippen LogP contribution < -0.4 is 0 Å². The number of halogens is 1. The van der Waals surface area contributed by atoms with E-state index in [4.69, 9.17) is 0 Å². The molecule has 332 valence electrons. The van der Waals surface area contributed by atoms with Crippen LogP contribution in [0.5, 0.6) is 0 Å².